The molecule has 4 rings (SSSR count). The fourth-order valence-corrected chi connectivity index (χ4v) is 3.71. The number of rotatable bonds is 6. The fraction of sp³-hybridized carbons (Fsp3) is 0.222. The molecule has 0 aliphatic carbocycles. The Bertz CT molecular complexity index is 1170. The molecule has 1 aliphatic heterocycles. The van der Waals surface area contributed by atoms with E-state index in [1.165, 1.54) is 11.1 Å². The first kappa shape index (κ1) is 20.7. The van der Waals surface area contributed by atoms with Crippen LogP contribution < -0.4 is 14.2 Å². The summed E-state index contributed by atoms with van der Waals surface area (Å²) in [5.74, 6) is 2.10. The van der Waals surface area contributed by atoms with Crippen LogP contribution in [0.4, 0.5) is 0 Å². The Balaban J connectivity index is 1.59. The number of hydrogen-bond acceptors (Lipinski definition) is 4. The van der Waals surface area contributed by atoms with Crippen LogP contribution in [0.15, 0.2) is 60.4 Å². The van der Waals surface area contributed by atoms with E-state index in [1.54, 1.807) is 12.1 Å². The highest BCUT2D eigenvalue weighted by molar-refractivity contribution is 6.15. The van der Waals surface area contributed by atoms with Gasteiger partial charge in [-0.25, -0.2) is 0 Å². The lowest BCUT2D eigenvalue weighted by Gasteiger charge is -2.11. The SMILES string of the molecule is CCOc1ccccc1/C=C1\Oc2cc(OCc3cc(C)ccc3C)cc(C)c2C1=O. The second kappa shape index (κ2) is 8.68. The molecule has 0 unspecified atom stereocenters. The third-order valence-corrected chi connectivity index (χ3v) is 5.35. The zero-order valence-corrected chi connectivity index (χ0v) is 18.3. The van der Waals surface area contributed by atoms with Gasteiger partial charge in [-0.1, -0.05) is 42.0 Å². The van der Waals surface area contributed by atoms with Gasteiger partial charge in [-0.2, -0.15) is 0 Å². The van der Waals surface area contributed by atoms with Crippen molar-refractivity contribution in [1.82, 2.24) is 0 Å². The van der Waals surface area contributed by atoms with Crippen LogP contribution in [0.3, 0.4) is 0 Å². The molecule has 0 aromatic heterocycles. The second-order valence-corrected chi connectivity index (χ2v) is 7.74. The van der Waals surface area contributed by atoms with Gasteiger partial charge in [0.25, 0.3) is 0 Å². The molecular formula is C27H26O4. The molecule has 1 heterocycles. The standard InChI is InChI=1S/C27H26O4/c1-5-29-23-9-7-6-8-20(23)14-25-27(28)26-19(4)13-22(15-24(26)31-25)30-16-21-12-17(2)10-11-18(21)3/h6-15H,5,16H2,1-4H3/b25-14-. The summed E-state index contributed by atoms with van der Waals surface area (Å²) in [5.41, 5.74) is 5.76. The highest BCUT2D eigenvalue weighted by Crippen LogP contribution is 2.38. The normalized spacial score (nSPS) is 13.8. The number of Topliss-reactive ketones (excluding diaryl/α,β-unsaturated/α-hetero) is 1. The predicted molar refractivity (Wildman–Crippen MR) is 122 cm³/mol. The third-order valence-electron chi connectivity index (χ3n) is 5.35. The smallest absolute Gasteiger partial charge is 0.232 e. The van der Waals surface area contributed by atoms with Crippen molar-refractivity contribution in [3.63, 3.8) is 0 Å². The maximum Gasteiger partial charge on any atom is 0.232 e. The Morgan fingerprint density at radius 2 is 1.74 bits per heavy atom. The van der Waals surface area contributed by atoms with Crippen LogP contribution in [0, 0.1) is 20.8 Å². The van der Waals surface area contributed by atoms with E-state index in [1.807, 2.05) is 44.2 Å². The summed E-state index contributed by atoms with van der Waals surface area (Å²) in [7, 11) is 0. The Labute approximate surface area is 183 Å². The molecular weight excluding hydrogens is 388 g/mol. The van der Waals surface area contributed by atoms with E-state index in [-0.39, 0.29) is 11.5 Å². The number of hydrogen-bond donors (Lipinski definition) is 0. The average Bonchev–Trinajstić information content (AvgIpc) is 3.06. The summed E-state index contributed by atoms with van der Waals surface area (Å²) >= 11 is 0. The molecule has 3 aromatic rings. The van der Waals surface area contributed by atoms with E-state index >= 15 is 0 Å². The first-order valence-corrected chi connectivity index (χ1v) is 10.5. The number of ether oxygens (including phenoxy) is 3. The average molecular weight is 415 g/mol. The maximum atomic E-state index is 13.0. The van der Waals surface area contributed by atoms with E-state index in [0.717, 1.165) is 22.4 Å². The number of benzene rings is 3. The predicted octanol–water partition coefficient (Wildman–Crippen LogP) is 6.21. The molecule has 31 heavy (non-hydrogen) atoms. The Kier molecular flexibility index (Phi) is 5.81. The number of carbonyl (C=O) groups is 1. The molecule has 0 amide bonds. The van der Waals surface area contributed by atoms with Crippen molar-refractivity contribution in [1.29, 1.82) is 0 Å². The fourth-order valence-electron chi connectivity index (χ4n) is 3.71. The summed E-state index contributed by atoms with van der Waals surface area (Å²) in [4.78, 5) is 13.0. The molecule has 4 nitrogen and oxygen atoms in total. The number of para-hydroxylation sites is 1. The zero-order chi connectivity index (χ0) is 22.0. The molecule has 158 valence electrons. The highest BCUT2D eigenvalue weighted by Gasteiger charge is 2.30. The number of allylic oxidation sites excluding steroid dienone is 1. The van der Waals surface area contributed by atoms with Crippen LogP contribution >= 0.6 is 0 Å². The number of carbonyl (C=O) groups excluding carboxylic acids is 1. The molecule has 0 bridgehead atoms. The van der Waals surface area contributed by atoms with Crippen molar-refractivity contribution in [2.45, 2.75) is 34.3 Å². The minimum absolute atomic E-state index is 0.125. The van der Waals surface area contributed by atoms with Crippen molar-refractivity contribution >= 4 is 11.9 Å². The molecule has 0 spiro atoms. The highest BCUT2D eigenvalue weighted by atomic mass is 16.5. The molecule has 0 fully saturated rings. The lowest BCUT2D eigenvalue weighted by molar-refractivity contribution is 0.101. The summed E-state index contributed by atoms with van der Waals surface area (Å²) in [6, 6.07) is 17.6. The number of aryl methyl sites for hydroxylation is 3. The van der Waals surface area contributed by atoms with Gasteiger partial charge in [-0.3, -0.25) is 4.79 Å². The van der Waals surface area contributed by atoms with Crippen molar-refractivity contribution in [2.24, 2.45) is 0 Å². The summed E-state index contributed by atoms with van der Waals surface area (Å²) in [5, 5.41) is 0. The van der Waals surface area contributed by atoms with Crippen LogP contribution in [0.2, 0.25) is 0 Å². The minimum Gasteiger partial charge on any atom is -0.493 e. The maximum absolute atomic E-state index is 13.0. The first-order chi connectivity index (χ1) is 15.0. The van der Waals surface area contributed by atoms with Gasteiger partial charge < -0.3 is 14.2 Å². The van der Waals surface area contributed by atoms with Gasteiger partial charge in [-0.15, -0.1) is 0 Å². The molecule has 4 heteroatoms. The Hall–Kier alpha value is -3.53. The largest absolute Gasteiger partial charge is 0.493 e. The number of ketones is 1. The van der Waals surface area contributed by atoms with Crippen LogP contribution in [0.1, 0.15) is 45.1 Å². The lowest BCUT2D eigenvalue weighted by atomic mass is 10.0. The van der Waals surface area contributed by atoms with E-state index in [2.05, 4.69) is 32.0 Å². The molecule has 0 saturated heterocycles. The Morgan fingerprint density at radius 3 is 2.55 bits per heavy atom. The van der Waals surface area contributed by atoms with Crippen molar-refractivity contribution in [2.75, 3.05) is 6.61 Å². The molecule has 0 radical (unpaired) electrons. The third kappa shape index (κ3) is 4.33. The number of fused-ring (bicyclic) bond motifs is 1. The van der Waals surface area contributed by atoms with Crippen LogP contribution in [-0.2, 0) is 6.61 Å². The molecule has 0 saturated carbocycles. The first-order valence-electron chi connectivity index (χ1n) is 10.5. The van der Waals surface area contributed by atoms with Crippen molar-refractivity contribution in [3.8, 4) is 17.2 Å². The van der Waals surface area contributed by atoms with Crippen molar-refractivity contribution in [3.05, 3.63) is 93.7 Å². The Morgan fingerprint density at radius 1 is 0.935 bits per heavy atom. The van der Waals surface area contributed by atoms with E-state index in [0.29, 0.717) is 30.3 Å². The monoisotopic (exact) mass is 414 g/mol. The van der Waals surface area contributed by atoms with Gasteiger partial charge >= 0.3 is 0 Å². The second-order valence-electron chi connectivity index (χ2n) is 7.74. The van der Waals surface area contributed by atoms with E-state index in [4.69, 9.17) is 14.2 Å². The molecule has 1 aliphatic rings. The van der Waals surface area contributed by atoms with Gasteiger partial charge in [0.1, 0.15) is 23.9 Å². The topological polar surface area (TPSA) is 44.8 Å². The quantitative estimate of drug-likeness (QED) is 0.450. The minimum atomic E-state index is -0.125. The summed E-state index contributed by atoms with van der Waals surface area (Å²) in [6.45, 7) is 8.99. The molecule has 0 atom stereocenters. The van der Waals surface area contributed by atoms with Gasteiger partial charge in [-0.05, 0) is 62.6 Å². The van der Waals surface area contributed by atoms with Gasteiger partial charge in [0.15, 0.2) is 5.76 Å². The molecule has 0 N–H and O–H groups in total. The van der Waals surface area contributed by atoms with E-state index in [9.17, 15) is 4.79 Å². The van der Waals surface area contributed by atoms with Crippen LogP contribution in [-0.4, -0.2) is 12.4 Å². The summed E-state index contributed by atoms with van der Waals surface area (Å²) in [6.07, 6.45) is 1.74. The van der Waals surface area contributed by atoms with Gasteiger partial charge in [0.05, 0.1) is 12.2 Å². The zero-order valence-electron chi connectivity index (χ0n) is 18.3. The van der Waals surface area contributed by atoms with Gasteiger partial charge in [0.2, 0.25) is 5.78 Å². The lowest BCUT2D eigenvalue weighted by Crippen LogP contribution is -2.01. The van der Waals surface area contributed by atoms with Crippen LogP contribution in [0.25, 0.3) is 6.08 Å². The van der Waals surface area contributed by atoms with Gasteiger partial charge in [0, 0.05) is 11.6 Å². The summed E-state index contributed by atoms with van der Waals surface area (Å²) < 4.78 is 17.7. The van der Waals surface area contributed by atoms with Crippen LogP contribution in [0.5, 0.6) is 17.2 Å². The molecule has 3 aromatic carbocycles. The van der Waals surface area contributed by atoms with Crippen molar-refractivity contribution < 1.29 is 19.0 Å². The van der Waals surface area contributed by atoms with E-state index < -0.39 is 0 Å².